The predicted octanol–water partition coefficient (Wildman–Crippen LogP) is 6.02. The zero-order valence-corrected chi connectivity index (χ0v) is 16.7. The van der Waals surface area contributed by atoms with Gasteiger partial charge in [-0.2, -0.15) is 0 Å². The average Bonchev–Trinajstić information content (AvgIpc) is 2.52. The Morgan fingerprint density at radius 3 is 2.33 bits per heavy atom. The second-order valence-corrected chi connectivity index (χ2v) is 11.1. The summed E-state index contributed by atoms with van der Waals surface area (Å²) in [5, 5.41) is 0. The van der Waals surface area contributed by atoms with Crippen molar-refractivity contribution in [3.8, 4) is 0 Å². The average molecular weight is 332 g/mol. The van der Waals surface area contributed by atoms with E-state index in [-0.39, 0.29) is 0 Å². The number of hydrogen-bond acceptors (Lipinski definition) is 1. The van der Waals surface area contributed by atoms with Gasteiger partial charge < -0.3 is 5.73 Å². The van der Waals surface area contributed by atoms with Gasteiger partial charge in [-0.15, -0.1) is 0 Å². The van der Waals surface area contributed by atoms with Crippen molar-refractivity contribution in [3.63, 3.8) is 0 Å². The first kappa shape index (κ1) is 17.4. The molecule has 0 amide bonds. The zero-order chi connectivity index (χ0) is 17.1. The molecule has 138 valence electrons. The van der Waals surface area contributed by atoms with Gasteiger partial charge in [0.05, 0.1) is 0 Å². The van der Waals surface area contributed by atoms with E-state index in [4.69, 9.17) is 5.73 Å². The summed E-state index contributed by atoms with van der Waals surface area (Å²) in [6.07, 6.45) is 14.9. The van der Waals surface area contributed by atoms with E-state index in [0.717, 1.165) is 35.5 Å². The van der Waals surface area contributed by atoms with Crippen LogP contribution in [0.25, 0.3) is 0 Å². The predicted molar refractivity (Wildman–Crippen MR) is 103 cm³/mol. The van der Waals surface area contributed by atoms with Gasteiger partial charge in [0.2, 0.25) is 0 Å². The van der Waals surface area contributed by atoms with Gasteiger partial charge in [0.25, 0.3) is 0 Å². The molecular weight excluding hydrogens is 290 g/mol. The second kappa shape index (κ2) is 6.00. The van der Waals surface area contributed by atoms with Crippen LogP contribution >= 0.6 is 0 Å². The third-order valence-electron chi connectivity index (χ3n) is 9.69. The van der Waals surface area contributed by atoms with Crippen molar-refractivity contribution in [3.05, 3.63) is 0 Å². The van der Waals surface area contributed by atoms with Gasteiger partial charge in [-0.1, -0.05) is 33.6 Å². The Balaban J connectivity index is 1.60. The van der Waals surface area contributed by atoms with Gasteiger partial charge in [-0.25, -0.2) is 0 Å². The molecule has 0 aromatic heterocycles. The highest BCUT2D eigenvalue weighted by Gasteiger charge is 2.57. The van der Waals surface area contributed by atoms with Crippen LogP contribution in [-0.2, 0) is 0 Å². The fraction of sp³-hybridized carbons (Fsp3) is 1.00. The van der Waals surface area contributed by atoms with E-state index >= 15 is 0 Å². The Labute approximate surface area is 150 Å². The molecule has 9 unspecified atom stereocenters. The summed E-state index contributed by atoms with van der Waals surface area (Å²) < 4.78 is 0. The molecule has 4 aliphatic rings. The topological polar surface area (TPSA) is 26.0 Å². The monoisotopic (exact) mass is 331 g/mol. The molecule has 0 radical (unpaired) electrons. The van der Waals surface area contributed by atoms with Crippen LogP contribution in [0.2, 0.25) is 0 Å². The van der Waals surface area contributed by atoms with Crippen LogP contribution in [0.15, 0.2) is 0 Å². The molecule has 0 aromatic rings. The summed E-state index contributed by atoms with van der Waals surface area (Å²) in [4.78, 5) is 0. The number of nitrogens with two attached hydrogens (primary N) is 1. The lowest BCUT2D eigenvalue weighted by Gasteiger charge is -2.63. The molecule has 9 atom stereocenters. The van der Waals surface area contributed by atoms with Crippen molar-refractivity contribution < 1.29 is 0 Å². The first-order chi connectivity index (χ1) is 11.3. The molecular formula is C23H41N. The highest BCUT2D eigenvalue weighted by atomic mass is 14.7. The number of rotatable bonds is 1. The van der Waals surface area contributed by atoms with Gasteiger partial charge in [0, 0.05) is 6.04 Å². The first-order valence-corrected chi connectivity index (χ1v) is 11.1. The number of fused-ring (bicyclic) bond motifs is 5. The third-order valence-corrected chi connectivity index (χ3v) is 9.69. The van der Waals surface area contributed by atoms with Crippen LogP contribution in [0.5, 0.6) is 0 Å². The SMILES string of the molecule is CC1CCC2C3CCC4(C)C(C(C)N)CCCC4C3CCC2(C)C1. The van der Waals surface area contributed by atoms with Crippen molar-refractivity contribution in [2.24, 2.45) is 52.1 Å². The van der Waals surface area contributed by atoms with Crippen molar-refractivity contribution in [2.75, 3.05) is 0 Å². The van der Waals surface area contributed by atoms with E-state index in [1.165, 1.54) is 64.2 Å². The van der Waals surface area contributed by atoms with Crippen LogP contribution in [0.4, 0.5) is 0 Å². The largest absolute Gasteiger partial charge is 0.328 e. The molecule has 4 saturated carbocycles. The summed E-state index contributed by atoms with van der Waals surface area (Å²) in [6.45, 7) is 10.1. The Morgan fingerprint density at radius 2 is 1.58 bits per heavy atom. The fourth-order valence-electron chi connectivity index (χ4n) is 8.71. The minimum atomic E-state index is 0.388. The lowest BCUT2D eigenvalue weighted by Crippen LogP contribution is -2.56. The highest BCUT2D eigenvalue weighted by molar-refractivity contribution is 5.07. The van der Waals surface area contributed by atoms with E-state index < -0.39 is 0 Å². The van der Waals surface area contributed by atoms with Crippen molar-refractivity contribution >= 4 is 0 Å². The van der Waals surface area contributed by atoms with E-state index in [9.17, 15) is 0 Å². The molecule has 0 bridgehead atoms. The van der Waals surface area contributed by atoms with Crippen LogP contribution in [0.3, 0.4) is 0 Å². The van der Waals surface area contributed by atoms with Crippen molar-refractivity contribution in [1.82, 2.24) is 0 Å². The highest BCUT2D eigenvalue weighted by Crippen LogP contribution is 2.65. The van der Waals surface area contributed by atoms with E-state index in [0.29, 0.717) is 16.9 Å². The van der Waals surface area contributed by atoms with Crippen LogP contribution in [0, 0.1) is 46.3 Å². The molecule has 4 aliphatic carbocycles. The molecule has 0 spiro atoms. The Morgan fingerprint density at radius 1 is 0.875 bits per heavy atom. The second-order valence-electron chi connectivity index (χ2n) is 11.1. The van der Waals surface area contributed by atoms with Gasteiger partial charge >= 0.3 is 0 Å². The maximum Gasteiger partial charge on any atom is 0.00440 e. The van der Waals surface area contributed by atoms with E-state index in [1.807, 2.05) is 0 Å². The van der Waals surface area contributed by atoms with E-state index in [1.54, 1.807) is 0 Å². The molecule has 24 heavy (non-hydrogen) atoms. The summed E-state index contributed by atoms with van der Waals surface area (Å²) in [7, 11) is 0. The summed E-state index contributed by atoms with van der Waals surface area (Å²) in [5.74, 6) is 5.82. The Kier molecular flexibility index (Phi) is 4.34. The Hall–Kier alpha value is -0.0400. The summed E-state index contributed by atoms with van der Waals surface area (Å²) in [5.41, 5.74) is 7.68. The Bertz CT molecular complexity index is 471. The lowest BCUT2D eigenvalue weighted by molar-refractivity contribution is -0.135. The maximum atomic E-state index is 6.47. The molecule has 0 aromatic carbocycles. The normalized spacial score (nSPS) is 55.9. The van der Waals surface area contributed by atoms with Gasteiger partial charge in [0.15, 0.2) is 0 Å². The summed E-state index contributed by atoms with van der Waals surface area (Å²) >= 11 is 0. The first-order valence-electron chi connectivity index (χ1n) is 11.1. The molecule has 4 fully saturated rings. The zero-order valence-electron chi connectivity index (χ0n) is 16.7. The molecule has 0 aliphatic heterocycles. The standard InChI is InChI=1S/C23H41N/c1-15-8-9-20-17-11-13-23(4)19(16(2)24)6-5-7-21(23)18(17)10-12-22(20,3)14-15/h15-21H,5-14,24H2,1-4H3. The smallest absolute Gasteiger partial charge is 0.00440 e. The van der Waals surface area contributed by atoms with Crippen molar-refractivity contribution in [2.45, 2.75) is 97.9 Å². The molecule has 4 rings (SSSR count). The third kappa shape index (κ3) is 2.51. The maximum absolute atomic E-state index is 6.47. The molecule has 0 saturated heterocycles. The molecule has 0 heterocycles. The van der Waals surface area contributed by atoms with E-state index in [2.05, 4.69) is 27.7 Å². The quantitative estimate of drug-likeness (QED) is 0.625. The van der Waals surface area contributed by atoms with Gasteiger partial charge in [0.1, 0.15) is 0 Å². The molecule has 1 heteroatoms. The number of hydrogen-bond donors (Lipinski definition) is 1. The molecule has 2 N–H and O–H groups in total. The minimum Gasteiger partial charge on any atom is -0.328 e. The minimum absolute atomic E-state index is 0.388. The van der Waals surface area contributed by atoms with Crippen molar-refractivity contribution in [1.29, 1.82) is 0 Å². The fourth-order valence-corrected chi connectivity index (χ4v) is 8.71. The van der Waals surface area contributed by atoms with Crippen LogP contribution < -0.4 is 5.73 Å². The van der Waals surface area contributed by atoms with Crippen LogP contribution in [-0.4, -0.2) is 6.04 Å². The van der Waals surface area contributed by atoms with Gasteiger partial charge in [-0.3, -0.25) is 0 Å². The lowest BCUT2D eigenvalue weighted by atomic mass is 9.42. The molecule has 1 nitrogen and oxygen atoms in total. The summed E-state index contributed by atoms with van der Waals surface area (Å²) in [6, 6.07) is 0.388. The van der Waals surface area contributed by atoms with Crippen LogP contribution in [0.1, 0.15) is 91.9 Å². The van der Waals surface area contributed by atoms with Gasteiger partial charge in [-0.05, 0) is 105 Å².